The zero-order chi connectivity index (χ0) is 15.7. The van der Waals surface area contributed by atoms with Crippen LogP contribution in [0.3, 0.4) is 0 Å². The van der Waals surface area contributed by atoms with Crippen LogP contribution < -0.4 is 10.1 Å². The van der Waals surface area contributed by atoms with Crippen molar-refractivity contribution in [2.45, 2.75) is 12.5 Å². The second-order valence-electron chi connectivity index (χ2n) is 5.07. The number of nitrogens with one attached hydrogen (secondary N) is 2. The number of H-pyrrole nitrogens is 1. The summed E-state index contributed by atoms with van der Waals surface area (Å²) in [5.41, 5.74) is 0.845. The summed E-state index contributed by atoms with van der Waals surface area (Å²) >= 11 is 5.07. The predicted molar refractivity (Wildman–Crippen MR) is 87.2 cm³/mol. The fourth-order valence-corrected chi connectivity index (χ4v) is 4.39. The lowest BCUT2D eigenvalue weighted by molar-refractivity contribution is 0.498. The van der Waals surface area contributed by atoms with Crippen LogP contribution in [0.2, 0.25) is 0 Å². The van der Waals surface area contributed by atoms with E-state index in [1.165, 1.54) is 0 Å². The maximum absolute atomic E-state index is 11.4. The van der Waals surface area contributed by atoms with Gasteiger partial charge in [-0.15, -0.1) is 4.91 Å². The smallest absolute Gasteiger partial charge is 0.263 e. The molecule has 0 amide bonds. The van der Waals surface area contributed by atoms with Gasteiger partial charge in [0.1, 0.15) is 0 Å². The van der Waals surface area contributed by atoms with Crippen LogP contribution in [-0.2, 0) is 9.84 Å². The van der Waals surface area contributed by atoms with Crippen LogP contribution in [0.15, 0.2) is 29.4 Å². The maximum atomic E-state index is 11.4. The van der Waals surface area contributed by atoms with Crippen molar-refractivity contribution >= 4 is 43.8 Å². The minimum atomic E-state index is -3.00. The molecule has 1 aliphatic heterocycles. The monoisotopic (exact) mass is 339 g/mol. The van der Waals surface area contributed by atoms with Gasteiger partial charge in [-0.2, -0.15) is 0 Å². The first-order valence-electron chi connectivity index (χ1n) is 6.61. The Bertz CT molecular complexity index is 844. The first kappa shape index (κ1) is 14.9. The zero-order valence-electron chi connectivity index (χ0n) is 11.4. The molecule has 0 spiro atoms. The van der Waals surface area contributed by atoms with Crippen molar-refractivity contribution in [3.63, 3.8) is 0 Å². The number of hydrogen-bond donors (Lipinski definition) is 2. The number of hydrogen-bond acceptors (Lipinski definition) is 6. The highest BCUT2D eigenvalue weighted by atomic mass is 32.2. The van der Waals surface area contributed by atoms with E-state index in [9.17, 15) is 13.3 Å². The molecule has 0 radical (unpaired) electrons. The largest absolute Gasteiger partial charge is 0.412 e. The molecule has 0 saturated carbocycles. The molecule has 0 bridgehead atoms. The number of nitrogens with zero attached hydrogens (tertiary/aromatic N) is 1. The highest BCUT2D eigenvalue weighted by molar-refractivity contribution is 7.91. The lowest BCUT2D eigenvalue weighted by Gasteiger charge is -2.12. The summed E-state index contributed by atoms with van der Waals surface area (Å²) in [6.07, 6.45) is 0.483. The Labute approximate surface area is 131 Å². The third-order valence-electron chi connectivity index (χ3n) is 3.49. The predicted octanol–water partition coefficient (Wildman–Crippen LogP) is 2.01. The first-order chi connectivity index (χ1) is 10.5. The SMILES string of the molecule is O=Nc1c(OC(=S)NC2CCS(=O)(=O)C2)[nH]c2ccccc12. The fourth-order valence-electron chi connectivity index (χ4n) is 2.46. The van der Waals surface area contributed by atoms with Gasteiger partial charge in [0.2, 0.25) is 5.88 Å². The van der Waals surface area contributed by atoms with Crippen LogP contribution in [0.25, 0.3) is 10.9 Å². The van der Waals surface area contributed by atoms with E-state index in [2.05, 4.69) is 15.5 Å². The average Bonchev–Trinajstić information content (AvgIpc) is 2.97. The maximum Gasteiger partial charge on any atom is 0.263 e. The summed E-state index contributed by atoms with van der Waals surface area (Å²) in [5.74, 6) is 0.317. The van der Waals surface area contributed by atoms with Crippen LogP contribution in [0.1, 0.15) is 6.42 Å². The number of aromatic nitrogens is 1. The molecule has 0 aliphatic carbocycles. The van der Waals surface area contributed by atoms with E-state index in [4.69, 9.17) is 17.0 Å². The van der Waals surface area contributed by atoms with Crippen LogP contribution in [-0.4, -0.2) is 36.1 Å². The Morgan fingerprint density at radius 2 is 2.18 bits per heavy atom. The molecule has 9 heteroatoms. The molecule has 2 N–H and O–H groups in total. The van der Waals surface area contributed by atoms with Gasteiger partial charge in [-0.25, -0.2) is 8.42 Å². The van der Waals surface area contributed by atoms with Crippen LogP contribution in [0.5, 0.6) is 5.88 Å². The zero-order valence-corrected chi connectivity index (χ0v) is 13.0. The van der Waals surface area contributed by atoms with E-state index in [-0.39, 0.29) is 34.3 Å². The van der Waals surface area contributed by atoms with Gasteiger partial charge in [0.05, 0.1) is 17.0 Å². The van der Waals surface area contributed by atoms with Gasteiger partial charge >= 0.3 is 0 Å². The number of thiocarbonyl (C=S) groups is 1. The number of nitroso groups, excluding NO2 is 1. The Kier molecular flexibility index (Phi) is 3.83. The number of aromatic amines is 1. The van der Waals surface area contributed by atoms with Crippen molar-refractivity contribution in [1.82, 2.24) is 10.3 Å². The van der Waals surface area contributed by atoms with E-state index in [0.717, 1.165) is 0 Å². The summed E-state index contributed by atoms with van der Waals surface area (Å²) in [6.45, 7) is 0. The van der Waals surface area contributed by atoms with Gasteiger partial charge in [-0.3, -0.25) is 0 Å². The van der Waals surface area contributed by atoms with E-state index in [0.29, 0.717) is 17.3 Å². The van der Waals surface area contributed by atoms with Gasteiger partial charge in [0, 0.05) is 11.4 Å². The minimum Gasteiger partial charge on any atom is -0.412 e. The van der Waals surface area contributed by atoms with Crippen LogP contribution >= 0.6 is 12.2 Å². The van der Waals surface area contributed by atoms with Gasteiger partial charge < -0.3 is 15.0 Å². The molecule has 116 valence electrons. The molecule has 3 rings (SSSR count). The molecule has 1 aromatic heterocycles. The third-order valence-corrected chi connectivity index (χ3v) is 5.46. The number of rotatable bonds is 3. The molecule has 1 aliphatic rings. The lowest BCUT2D eigenvalue weighted by atomic mass is 10.2. The summed E-state index contributed by atoms with van der Waals surface area (Å²) in [7, 11) is -3.00. The Balaban J connectivity index is 1.75. The molecule has 7 nitrogen and oxygen atoms in total. The van der Waals surface area contributed by atoms with Crippen molar-refractivity contribution in [2.75, 3.05) is 11.5 Å². The molecule has 2 aromatic rings. The summed E-state index contributed by atoms with van der Waals surface area (Å²) in [6, 6.07) is 6.87. The highest BCUT2D eigenvalue weighted by Gasteiger charge is 2.28. The Morgan fingerprint density at radius 3 is 2.86 bits per heavy atom. The van der Waals surface area contributed by atoms with Crippen LogP contribution in [0, 0.1) is 4.91 Å². The highest BCUT2D eigenvalue weighted by Crippen LogP contribution is 2.35. The third kappa shape index (κ3) is 2.95. The topological polar surface area (TPSA) is 101 Å². The molecular weight excluding hydrogens is 326 g/mol. The van der Waals surface area contributed by atoms with Gasteiger partial charge in [-0.05, 0) is 29.9 Å². The Morgan fingerprint density at radius 1 is 1.41 bits per heavy atom. The van der Waals surface area contributed by atoms with Crippen molar-refractivity contribution < 1.29 is 13.2 Å². The van der Waals surface area contributed by atoms with Gasteiger partial charge in [0.15, 0.2) is 15.5 Å². The van der Waals surface area contributed by atoms with Gasteiger partial charge in [0.25, 0.3) is 5.17 Å². The normalized spacial score (nSPS) is 19.9. The average molecular weight is 339 g/mol. The molecule has 22 heavy (non-hydrogen) atoms. The summed E-state index contributed by atoms with van der Waals surface area (Å²) in [4.78, 5) is 13.9. The van der Waals surface area contributed by atoms with Crippen LogP contribution in [0.4, 0.5) is 5.69 Å². The molecule has 1 unspecified atom stereocenters. The minimum absolute atomic E-state index is 0.0126. The number of sulfone groups is 1. The van der Waals surface area contributed by atoms with Gasteiger partial charge in [-0.1, -0.05) is 18.2 Å². The van der Waals surface area contributed by atoms with E-state index >= 15 is 0 Å². The quantitative estimate of drug-likeness (QED) is 0.655. The standard InChI is InChI=1S/C13H13N3O4S2/c17-16-11-9-3-1-2-4-10(9)15-12(11)20-13(21)14-8-5-6-22(18,19)7-8/h1-4,8,15H,5-7H2,(H,14,21). The number of ether oxygens (including phenoxy) is 1. The molecule has 1 aromatic carbocycles. The molecule has 1 fully saturated rings. The number of fused-ring (bicyclic) bond motifs is 1. The second kappa shape index (κ2) is 5.65. The number of benzene rings is 1. The molecule has 1 atom stereocenters. The second-order valence-corrected chi connectivity index (χ2v) is 7.67. The summed E-state index contributed by atoms with van der Waals surface area (Å²) in [5, 5.41) is 6.47. The van der Waals surface area contributed by atoms with E-state index < -0.39 is 9.84 Å². The Hall–Kier alpha value is -2.00. The lowest BCUT2D eigenvalue weighted by Crippen LogP contribution is -2.37. The molecule has 1 saturated heterocycles. The van der Waals surface area contributed by atoms with Crippen molar-refractivity contribution in [2.24, 2.45) is 5.18 Å². The number of para-hydroxylation sites is 1. The fraction of sp³-hybridized carbons (Fsp3) is 0.308. The first-order valence-corrected chi connectivity index (χ1v) is 8.84. The van der Waals surface area contributed by atoms with E-state index in [1.807, 2.05) is 6.07 Å². The summed E-state index contributed by atoms with van der Waals surface area (Å²) < 4.78 is 28.3. The van der Waals surface area contributed by atoms with Crippen molar-refractivity contribution in [1.29, 1.82) is 0 Å². The van der Waals surface area contributed by atoms with Crippen molar-refractivity contribution in [3.05, 3.63) is 29.2 Å². The van der Waals surface area contributed by atoms with E-state index in [1.54, 1.807) is 18.2 Å². The molecular formula is C13H13N3O4S2. The molecule has 2 heterocycles. The van der Waals surface area contributed by atoms with Crippen molar-refractivity contribution in [3.8, 4) is 5.88 Å².